The van der Waals surface area contributed by atoms with E-state index in [1.54, 1.807) is 0 Å². The Morgan fingerprint density at radius 1 is 1.32 bits per heavy atom. The minimum atomic E-state index is 0.211. The molecular formula is C16H23NOS. The van der Waals surface area contributed by atoms with Crippen LogP contribution >= 0.6 is 11.8 Å². The van der Waals surface area contributed by atoms with Crippen LogP contribution in [0.5, 0.6) is 0 Å². The summed E-state index contributed by atoms with van der Waals surface area (Å²) in [7, 11) is 0. The molecule has 3 rings (SSSR count). The molecule has 0 saturated carbocycles. The van der Waals surface area contributed by atoms with Crippen LogP contribution in [0.2, 0.25) is 0 Å². The maximum atomic E-state index is 6.44. The fourth-order valence-electron chi connectivity index (χ4n) is 3.17. The van der Waals surface area contributed by atoms with Gasteiger partial charge in [-0.05, 0) is 42.6 Å². The van der Waals surface area contributed by atoms with Crippen molar-refractivity contribution in [1.29, 1.82) is 0 Å². The number of fused-ring (bicyclic) bond motifs is 1. The molecule has 0 radical (unpaired) electrons. The molecule has 0 bridgehead atoms. The van der Waals surface area contributed by atoms with E-state index in [1.807, 2.05) is 0 Å². The second-order valence-electron chi connectivity index (χ2n) is 5.61. The lowest BCUT2D eigenvalue weighted by Crippen LogP contribution is -2.36. The van der Waals surface area contributed by atoms with Crippen LogP contribution in [-0.4, -0.2) is 23.7 Å². The van der Waals surface area contributed by atoms with Crippen molar-refractivity contribution in [2.75, 3.05) is 12.4 Å². The number of benzene rings is 1. The third-order valence-electron chi connectivity index (χ3n) is 4.27. The summed E-state index contributed by atoms with van der Waals surface area (Å²) >= 11 is 2.06. The highest BCUT2D eigenvalue weighted by atomic mass is 32.2. The van der Waals surface area contributed by atoms with E-state index in [-0.39, 0.29) is 12.1 Å². The van der Waals surface area contributed by atoms with Gasteiger partial charge in [0.1, 0.15) is 0 Å². The van der Waals surface area contributed by atoms with Gasteiger partial charge in [-0.15, -0.1) is 0 Å². The molecule has 1 fully saturated rings. The van der Waals surface area contributed by atoms with Gasteiger partial charge in [0.05, 0.1) is 12.7 Å². The van der Waals surface area contributed by atoms with Crippen LogP contribution in [0.3, 0.4) is 0 Å². The van der Waals surface area contributed by atoms with Gasteiger partial charge in [0.25, 0.3) is 0 Å². The molecule has 0 aromatic heterocycles. The quantitative estimate of drug-likeness (QED) is 0.920. The Morgan fingerprint density at radius 2 is 2.21 bits per heavy atom. The highest BCUT2D eigenvalue weighted by molar-refractivity contribution is 8.00. The Labute approximate surface area is 120 Å². The second kappa shape index (κ2) is 6.29. The zero-order chi connectivity index (χ0) is 13.1. The van der Waals surface area contributed by atoms with Gasteiger partial charge in [-0.25, -0.2) is 0 Å². The molecule has 3 atom stereocenters. The molecule has 0 aliphatic carbocycles. The molecule has 2 N–H and O–H groups in total. The molecule has 3 unspecified atom stereocenters. The molecule has 1 aromatic carbocycles. The Kier molecular flexibility index (Phi) is 4.46. The van der Waals surface area contributed by atoms with Gasteiger partial charge in [0, 0.05) is 11.3 Å². The summed E-state index contributed by atoms with van der Waals surface area (Å²) in [5, 5.41) is 0.631. The van der Waals surface area contributed by atoms with Gasteiger partial charge < -0.3 is 10.5 Å². The van der Waals surface area contributed by atoms with E-state index in [4.69, 9.17) is 10.5 Å². The summed E-state index contributed by atoms with van der Waals surface area (Å²) in [6.45, 7) is 0.839. The van der Waals surface area contributed by atoms with Crippen molar-refractivity contribution >= 4 is 11.8 Å². The van der Waals surface area contributed by atoms with E-state index in [0.29, 0.717) is 5.25 Å². The lowest BCUT2D eigenvalue weighted by molar-refractivity contribution is 0.0318. The Hall–Kier alpha value is -0.510. The van der Waals surface area contributed by atoms with Crippen molar-refractivity contribution < 1.29 is 4.74 Å². The number of nitrogens with two attached hydrogens (primary N) is 1. The summed E-state index contributed by atoms with van der Waals surface area (Å²) in [4.78, 5) is 0. The van der Waals surface area contributed by atoms with Crippen LogP contribution in [-0.2, 0) is 11.2 Å². The monoisotopic (exact) mass is 277 g/mol. The normalized spacial score (nSPS) is 28.7. The minimum Gasteiger partial charge on any atom is -0.373 e. The van der Waals surface area contributed by atoms with E-state index >= 15 is 0 Å². The minimum absolute atomic E-state index is 0.211. The third kappa shape index (κ3) is 3.15. The third-order valence-corrected chi connectivity index (χ3v) is 5.81. The van der Waals surface area contributed by atoms with Crippen LogP contribution in [0.1, 0.15) is 42.9 Å². The Balaban J connectivity index is 1.66. The molecular weight excluding hydrogens is 254 g/mol. The number of hydrogen-bond donors (Lipinski definition) is 1. The van der Waals surface area contributed by atoms with Gasteiger partial charge in [-0.3, -0.25) is 0 Å². The van der Waals surface area contributed by atoms with Crippen molar-refractivity contribution in [3.8, 4) is 0 Å². The lowest BCUT2D eigenvalue weighted by atomic mass is 9.92. The number of ether oxygens (including phenoxy) is 1. The summed E-state index contributed by atoms with van der Waals surface area (Å²) in [5.41, 5.74) is 9.25. The zero-order valence-corrected chi connectivity index (χ0v) is 12.2. The molecule has 2 heterocycles. The first-order valence-electron chi connectivity index (χ1n) is 7.41. The number of hydrogen-bond acceptors (Lipinski definition) is 3. The smallest absolute Gasteiger partial charge is 0.0842 e. The largest absolute Gasteiger partial charge is 0.373 e. The van der Waals surface area contributed by atoms with Crippen molar-refractivity contribution in [1.82, 2.24) is 0 Å². The standard InChI is InChI=1S/C16H23NOS/c17-14(16-7-3-4-10-19-16)11-15-13-6-2-1-5-12(13)8-9-18-15/h1-2,5-6,14-16H,3-4,7-11,17H2. The molecule has 1 aromatic rings. The lowest BCUT2D eigenvalue weighted by Gasteiger charge is -2.32. The Morgan fingerprint density at radius 3 is 3.05 bits per heavy atom. The molecule has 1 saturated heterocycles. The van der Waals surface area contributed by atoms with Gasteiger partial charge >= 0.3 is 0 Å². The molecule has 2 nitrogen and oxygen atoms in total. The predicted octanol–water partition coefficient (Wildman–Crippen LogP) is 3.30. The van der Waals surface area contributed by atoms with Gasteiger partial charge in [0.15, 0.2) is 0 Å². The van der Waals surface area contributed by atoms with E-state index < -0.39 is 0 Å². The second-order valence-corrected chi connectivity index (χ2v) is 6.96. The average molecular weight is 277 g/mol. The first kappa shape index (κ1) is 13.5. The molecule has 0 amide bonds. The molecule has 19 heavy (non-hydrogen) atoms. The van der Waals surface area contributed by atoms with Gasteiger partial charge in [-0.1, -0.05) is 30.7 Å². The summed E-state index contributed by atoms with van der Waals surface area (Å²) in [6, 6.07) is 8.94. The molecule has 2 aliphatic heterocycles. The fraction of sp³-hybridized carbons (Fsp3) is 0.625. The maximum Gasteiger partial charge on any atom is 0.0842 e. The topological polar surface area (TPSA) is 35.2 Å². The van der Waals surface area contributed by atoms with Gasteiger partial charge in [0.2, 0.25) is 0 Å². The SMILES string of the molecule is NC(CC1OCCc2ccccc21)C1CCCCS1. The fourth-order valence-corrected chi connectivity index (χ4v) is 4.54. The highest BCUT2D eigenvalue weighted by Gasteiger charge is 2.27. The highest BCUT2D eigenvalue weighted by Crippen LogP contribution is 2.34. The van der Waals surface area contributed by atoms with Crippen molar-refractivity contribution in [3.05, 3.63) is 35.4 Å². The van der Waals surface area contributed by atoms with Crippen LogP contribution in [0.4, 0.5) is 0 Å². The Bertz CT molecular complexity index is 417. The average Bonchev–Trinajstić information content (AvgIpc) is 2.48. The van der Waals surface area contributed by atoms with E-state index in [1.165, 1.54) is 36.1 Å². The van der Waals surface area contributed by atoms with E-state index in [9.17, 15) is 0 Å². The van der Waals surface area contributed by atoms with Crippen molar-refractivity contribution in [2.24, 2.45) is 5.73 Å². The number of thioether (sulfide) groups is 1. The van der Waals surface area contributed by atoms with Crippen LogP contribution in [0, 0.1) is 0 Å². The van der Waals surface area contributed by atoms with Crippen LogP contribution in [0.15, 0.2) is 24.3 Å². The maximum absolute atomic E-state index is 6.44. The van der Waals surface area contributed by atoms with Gasteiger partial charge in [-0.2, -0.15) is 11.8 Å². The first-order chi connectivity index (χ1) is 9.34. The summed E-state index contributed by atoms with van der Waals surface area (Å²) in [5.74, 6) is 1.28. The predicted molar refractivity (Wildman–Crippen MR) is 81.5 cm³/mol. The molecule has 0 spiro atoms. The molecule has 3 heteroatoms. The first-order valence-corrected chi connectivity index (χ1v) is 8.46. The van der Waals surface area contributed by atoms with Crippen LogP contribution in [0.25, 0.3) is 0 Å². The van der Waals surface area contributed by atoms with Crippen LogP contribution < -0.4 is 5.73 Å². The summed E-state index contributed by atoms with van der Waals surface area (Å²) < 4.78 is 5.98. The number of rotatable bonds is 3. The molecule has 104 valence electrons. The van der Waals surface area contributed by atoms with Crippen molar-refractivity contribution in [2.45, 2.75) is 49.5 Å². The van der Waals surface area contributed by atoms with Crippen molar-refractivity contribution in [3.63, 3.8) is 0 Å². The van der Waals surface area contributed by atoms with E-state index in [0.717, 1.165) is 19.4 Å². The van der Waals surface area contributed by atoms with E-state index in [2.05, 4.69) is 36.0 Å². The summed E-state index contributed by atoms with van der Waals surface area (Å²) in [6.07, 6.45) is 6.20. The zero-order valence-electron chi connectivity index (χ0n) is 11.4. The molecule has 2 aliphatic rings.